The number of aromatic nitrogens is 1. The molecule has 1 saturated heterocycles. The number of pyridine rings is 1. The third kappa shape index (κ3) is 5.28. The van der Waals surface area contributed by atoms with Crippen molar-refractivity contribution in [1.82, 2.24) is 20.5 Å². The van der Waals surface area contributed by atoms with Crippen LogP contribution >= 0.6 is 0 Å². The van der Waals surface area contributed by atoms with Gasteiger partial charge in [0.1, 0.15) is 12.0 Å². The van der Waals surface area contributed by atoms with Crippen LogP contribution in [0.1, 0.15) is 47.6 Å². The van der Waals surface area contributed by atoms with Crippen LogP contribution in [0.5, 0.6) is 0 Å². The van der Waals surface area contributed by atoms with E-state index in [-0.39, 0.29) is 18.4 Å². The predicted molar refractivity (Wildman–Crippen MR) is 163 cm³/mol. The summed E-state index contributed by atoms with van der Waals surface area (Å²) in [5.41, 5.74) is 5.00. The molecule has 1 aliphatic carbocycles. The summed E-state index contributed by atoms with van der Waals surface area (Å²) in [7, 11) is 1.91. The van der Waals surface area contributed by atoms with Gasteiger partial charge in [-0.25, -0.2) is 4.98 Å². The number of hydrogen-bond donors (Lipinski definition) is 5. The number of fused-ring (bicyclic) bond motifs is 3. The Bertz CT molecular complexity index is 1490. The average Bonchev–Trinajstić information content (AvgIpc) is 3.50. The van der Waals surface area contributed by atoms with Crippen molar-refractivity contribution in [2.24, 2.45) is 5.41 Å². The minimum atomic E-state index is -0.969. The van der Waals surface area contributed by atoms with Gasteiger partial charge in [-0.2, -0.15) is 0 Å². The molecule has 2 atom stereocenters. The molecule has 6 rings (SSSR count). The van der Waals surface area contributed by atoms with Crippen LogP contribution in [-0.2, 0) is 40.9 Å². The first-order valence-electron chi connectivity index (χ1n) is 14.9. The van der Waals surface area contributed by atoms with Gasteiger partial charge in [-0.15, -0.1) is 0 Å². The topological polar surface area (TPSA) is 119 Å². The molecule has 220 valence electrons. The summed E-state index contributed by atoms with van der Waals surface area (Å²) in [6, 6.07) is 18.0. The van der Waals surface area contributed by atoms with E-state index in [1.807, 2.05) is 61.3 Å². The number of carbonyl (C=O) groups excluding carboxylic acids is 2. The lowest BCUT2D eigenvalue weighted by molar-refractivity contribution is -0.144. The molecule has 0 saturated carbocycles. The molecule has 3 aromatic rings. The normalized spacial score (nSPS) is 21.0. The molecule has 1 aromatic heterocycles. The van der Waals surface area contributed by atoms with Crippen molar-refractivity contribution in [2.45, 2.75) is 57.3 Å². The number of aliphatic hydroxyl groups is 1. The molecular formula is C33H40N6O3. The average molecular weight is 569 g/mol. The van der Waals surface area contributed by atoms with E-state index in [9.17, 15) is 14.7 Å². The molecule has 0 radical (unpaired) electrons. The Hall–Kier alpha value is -3.79. The van der Waals surface area contributed by atoms with Crippen molar-refractivity contribution in [1.29, 1.82) is 0 Å². The van der Waals surface area contributed by atoms with Crippen molar-refractivity contribution < 1.29 is 14.7 Å². The molecule has 42 heavy (non-hydrogen) atoms. The molecular weight excluding hydrogens is 528 g/mol. The van der Waals surface area contributed by atoms with Gasteiger partial charge in [-0.1, -0.05) is 43.3 Å². The Kier molecular flexibility index (Phi) is 7.74. The highest BCUT2D eigenvalue weighted by Crippen LogP contribution is 2.47. The second-order valence-electron chi connectivity index (χ2n) is 12.2. The number of hydrogen-bond acceptors (Lipinski definition) is 7. The molecule has 2 aromatic carbocycles. The van der Waals surface area contributed by atoms with Crippen LogP contribution in [0, 0.1) is 5.41 Å². The lowest BCUT2D eigenvalue weighted by Gasteiger charge is -2.38. The second kappa shape index (κ2) is 11.5. The van der Waals surface area contributed by atoms with Crippen molar-refractivity contribution in [3.8, 4) is 0 Å². The van der Waals surface area contributed by atoms with Crippen molar-refractivity contribution in [3.63, 3.8) is 0 Å². The van der Waals surface area contributed by atoms with E-state index < -0.39 is 17.1 Å². The number of rotatable bonds is 9. The summed E-state index contributed by atoms with van der Waals surface area (Å²) < 4.78 is 0. The highest BCUT2D eigenvalue weighted by molar-refractivity contribution is 6.06. The van der Waals surface area contributed by atoms with Crippen LogP contribution in [0.2, 0.25) is 0 Å². The molecule has 5 N–H and O–H groups in total. The fourth-order valence-electron chi connectivity index (χ4n) is 6.88. The number of aliphatic hydroxyl groups excluding tert-OH is 1. The smallest absolute Gasteiger partial charge is 0.237 e. The molecule has 1 spiro atoms. The lowest BCUT2D eigenvalue weighted by Crippen LogP contribution is -2.50. The molecule has 1 fully saturated rings. The van der Waals surface area contributed by atoms with Crippen molar-refractivity contribution in [3.05, 3.63) is 88.6 Å². The zero-order valence-corrected chi connectivity index (χ0v) is 24.4. The van der Waals surface area contributed by atoms with Crippen LogP contribution in [0.3, 0.4) is 0 Å². The van der Waals surface area contributed by atoms with Crippen molar-refractivity contribution >= 4 is 23.3 Å². The first-order chi connectivity index (χ1) is 20.3. The highest BCUT2D eigenvalue weighted by atomic mass is 16.3. The largest absolute Gasteiger partial charge is 0.372 e. The number of benzene rings is 2. The van der Waals surface area contributed by atoms with E-state index in [0.29, 0.717) is 31.7 Å². The zero-order chi connectivity index (χ0) is 29.3. The highest BCUT2D eigenvalue weighted by Gasteiger charge is 2.51. The molecule has 9 nitrogen and oxygen atoms in total. The standard InChI is InChI=1S/C33H40N6O3/c1-32(11-14-35-15-12-32)31(42)39(20-24-7-4-3-6-23(24)19-34-2)21-28(40)37-26-10-9-22-17-33(18-25(22)16-26)27-8-5-13-36-29(27)38-30(33)41/h3-10,13,16,28,34-35,37,40H,11-12,14-15,17-21H2,1-2H3,(H,36,38,41)/t28?,33-/m1/s1. The fraction of sp³-hybridized carbons (Fsp3) is 0.424. The molecule has 3 heterocycles. The number of nitrogens with zero attached hydrogens (tertiary/aromatic N) is 2. The predicted octanol–water partition coefficient (Wildman–Crippen LogP) is 2.94. The van der Waals surface area contributed by atoms with Gasteiger partial charge in [0.15, 0.2) is 0 Å². The Morgan fingerprint density at radius 3 is 2.62 bits per heavy atom. The first kappa shape index (κ1) is 28.3. The number of amides is 2. The van der Waals surface area contributed by atoms with Gasteiger partial charge < -0.3 is 31.3 Å². The maximum atomic E-state index is 14.0. The summed E-state index contributed by atoms with van der Waals surface area (Å²) in [4.78, 5) is 33.3. The Balaban J connectivity index is 1.20. The molecule has 2 aliphatic heterocycles. The van der Waals surface area contributed by atoms with Gasteiger partial charge in [0.05, 0.1) is 12.0 Å². The van der Waals surface area contributed by atoms with Crippen LogP contribution in [-0.4, -0.2) is 59.7 Å². The first-order valence-corrected chi connectivity index (χ1v) is 14.9. The maximum Gasteiger partial charge on any atom is 0.237 e. The summed E-state index contributed by atoms with van der Waals surface area (Å²) in [5, 5.41) is 24.0. The van der Waals surface area contributed by atoms with E-state index >= 15 is 0 Å². The number of piperidine rings is 1. The third-order valence-corrected chi connectivity index (χ3v) is 9.26. The van der Waals surface area contributed by atoms with E-state index in [4.69, 9.17) is 0 Å². The SMILES string of the molecule is CNCc1ccccc1CN(CC(O)Nc1ccc2c(c1)C[C@@]1(C2)C(=O)Nc2ncccc21)C(=O)C1(C)CCNCC1. The fourth-order valence-corrected chi connectivity index (χ4v) is 6.88. The summed E-state index contributed by atoms with van der Waals surface area (Å²) >= 11 is 0. The lowest BCUT2D eigenvalue weighted by atomic mass is 9.79. The van der Waals surface area contributed by atoms with Gasteiger partial charge in [0.25, 0.3) is 0 Å². The van der Waals surface area contributed by atoms with Gasteiger partial charge >= 0.3 is 0 Å². The minimum Gasteiger partial charge on any atom is -0.372 e. The second-order valence-corrected chi connectivity index (χ2v) is 12.2. The van der Waals surface area contributed by atoms with E-state index in [1.165, 1.54) is 0 Å². The Morgan fingerprint density at radius 2 is 1.83 bits per heavy atom. The van der Waals surface area contributed by atoms with E-state index in [2.05, 4.69) is 38.4 Å². The van der Waals surface area contributed by atoms with Gasteiger partial charge in [-0.05, 0) is 86.3 Å². The maximum absolute atomic E-state index is 14.0. The van der Waals surface area contributed by atoms with Crippen molar-refractivity contribution in [2.75, 3.05) is 37.3 Å². The van der Waals surface area contributed by atoms with Crippen LogP contribution in [0.15, 0.2) is 60.8 Å². The Morgan fingerprint density at radius 1 is 1.07 bits per heavy atom. The van der Waals surface area contributed by atoms with Gasteiger partial charge in [0, 0.05) is 36.0 Å². The minimum absolute atomic E-state index is 0.0129. The number of carbonyl (C=O) groups is 2. The molecule has 9 heteroatoms. The van der Waals surface area contributed by atoms with E-state index in [0.717, 1.165) is 59.4 Å². The van der Waals surface area contributed by atoms with Crippen LogP contribution in [0.25, 0.3) is 0 Å². The van der Waals surface area contributed by atoms with Crippen LogP contribution < -0.4 is 21.3 Å². The van der Waals surface area contributed by atoms with Gasteiger partial charge in [0.2, 0.25) is 11.8 Å². The molecule has 0 bridgehead atoms. The number of anilines is 2. The zero-order valence-electron chi connectivity index (χ0n) is 24.4. The summed E-state index contributed by atoms with van der Waals surface area (Å²) in [5.74, 6) is 0.702. The van der Waals surface area contributed by atoms with E-state index in [1.54, 1.807) is 6.20 Å². The summed E-state index contributed by atoms with van der Waals surface area (Å²) in [6.07, 6.45) is 3.47. The molecule has 2 amide bonds. The summed E-state index contributed by atoms with van der Waals surface area (Å²) in [6.45, 7) is 4.94. The Labute approximate surface area is 247 Å². The number of nitrogens with one attached hydrogen (secondary N) is 4. The molecule has 1 unspecified atom stereocenters. The molecule has 3 aliphatic rings. The van der Waals surface area contributed by atoms with Gasteiger partial charge in [-0.3, -0.25) is 9.59 Å². The van der Waals surface area contributed by atoms with Crippen LogP contribution in [0.4, 0.5) is 11.5 Å². The monoisotopic (exact) mass is 568 g/mol. The quantitative estimate of drug-likeness (QED) is 0.252. The third-order valence-electron chi connectivity index (χ3n) is 9.26.